The normalized spacial score (nSPS) is 17.5. The van der Waals surface area contributed by atoms with Crippen LogP contribution in [0, 0.1) is 5.95 Å². The summed E-state index contributed by atoms with van der Waals surface area (Å²) in [5, 5.41) is 5.00. The minimum Gasteiger partial charge on any atom is -0.335 e. The van der Waals surface area contributed by atoms with Gasteiger partial charge in [0.05, 0.1) is 0 Å². The van der Waals surface area contributed by atoms with E-state index in [-0.39, 0.29) is 31.9 Å². The summed E-state index contributed by atoms with van der Waals surface area (Å²) in [6.07, 6.45) is 0. The molecule has 2 heterocycles. The van der Waals surface area contributed by atoms with E-state index < -0.39 is 22.1 Å². The van der Waals surface area contributed by atoms with Crippen LogP contribution in [0.25, 0.3) is 0 Å². The van der Waals surface area contributed by atoms with Gasteiger partial charge in [-0.25, -0.2) is 10.1 Å². The van der Waals surface area contributed by atoms with Crippen LogP contribution in [0.4, 0.5) is 4.39 Å². The number of halogens is 1. The SMILES string of the molecule is NS(=O)(=O)N1CCN(C(=O)c2cccc(F)n2)CC1. The van der Waals surface area contributed by atoms with Crippen molar-refractivity contribution in [2.45, 2.75) is 0 Å². The second kappa shape index (κ2) is 5.19. The van der Waals surface area contributed by atoms with Crippen LogP contribution < -0.4 is 5.14 Å². The van der Waals surface area contributed by atoms with Crippen LogP contribution in [-0.2, 0) is 10.2 Å². The fourth-order valence-corrected chi connectivity index (χ4v) is 2.51. The minimum absolute atomic E-state index is 0.00376. The number of aromatic nitrogens is 1. The molecule has 0 radical (unpaired) electrons. The van der Waals surface area contributed by atoms with Crippen LogP contribution in [0.2, 0.25) is 0 Å². The number of carbonyl (C=O) groups is 1. The minimum atomic E-state index is -3.73. The molecule has 0 atom stereocenters. The van der Waals surface area contributed by atoms with Crippen LogP contribution in [0.15, 0.2) is 18.2 Å². The van der Waals surface area contributed by atoms with Gasteiger partial charge in [0.15, 0.2) is 0 Å². The van der Waals surface area contributed by atoms with Crippen LogP contribution in [0.1, 0.15) is 10.5 Å². The predicted molar refractivity (Wildman–Crippen MR) is 64.8 cm³/mol. The molecule has 1 aliphatic heterocycles. The largest absolute Gasteiger partial charge is 0.335 e. The maximum Gasteiger partial charge on any atom is 0.277 e. The number of amides is 1. The maximum atomic E-state index is 12.9. The highest BCUT2D eigenvalue weighted by Crippen LogP contribution is 2.09. The Kier molecular flexibility index (Phi) is 3.78. The van der Waals surface area contributed by atoms with Gasteiger partial charge in [0.1, 0.15) is 5.69 Å². The summed E-state index contributed by atoms with van der Waals surface area (Å²) in [6, 6.07) is 3.96. The summed E-state index contributed by atoms with van der Waals surface area (Å²) in [5.74, 6) is -1.15. The highest BCUT2D eigenvalue weighted by molar-refractivity contribution is 7.86. The molecule has 0 saturated carbocycles. The summed E-state index contributed by atoms with van der Waals surface area (Å²) < 4.78 is 36.3. The number of hydrogen-bond donors (Lipinski definition) is 1. The number of pyridine rings is 1. The Morgan fingerprint density at radius 1 is 1.26 bits per heavy atom. The first-order valence-corrected chi connectivity index (χ1v) is 7.08. The molecule has 0 unspecified atom stereocenters. The molecule has 7 nitrogen and oxygen atoms in total. The first-order chi connectivity index (χ1) is 8.88. The van der Waals surface area contributed by atoms with Gasteiger partial charge >= 0.3 is 0 Å². The first-order valence-electron chi connectivity index (χ1n) is 5.57. The Morgan fingerprint density at radius 2 is 1.89 bits per heavy atom. The highest BCUT2D eigenvalue weighted by atomic mass is 32.2. The topological polar surface area (TPSA) is 96.6 Å². The van der Waals surface area contributed by atoms with E-state index in [0.717, 1.165) is 10.4 Å². The molecule has 19 heavy (non-hydrogen) atoms. The zero-order valence-corrected chi connectivity index (χ0v) is 10.8. The molecule has 0 aliphatic carbocycles. The van der Waals surface area contributed by atoms with Crippen molar-refractivity contribution in [1.82, 2.24) is 14.2 Å². The van der Waals surface area contributed by atoms with E-state index in [0.29, 0.717) is 0 Å². The van der Waals surface area contributed by atoms with Crippen molar-refractivity contribution in [2.24, 2.45) is 5.14 Å². The van der Waals surface area contributed by atoms with E-state index in [2.05, 4.69) is 4.98 Å². The Labute approximate surface area is 110 Å². The Hall–Kier alpha value is -1.58. The lowest BCUT2D eigenvalue weighted by molar-refractivity contribution is 0.0690. The summed E-state index contributed by atoms with van der Waals surface area (Å²) >= 11 is 0. The lowest BCUT2D eigenvalue weighted by Crippen LogP contribution is -2.52. The third-order valence-electron chi connectivity index (χ3n) is 2.82. The molecule has 0 aromatic carbocycles. The van der Waals surface area contributed by atoms with E-state index in [4.69, 9.17) is 5.14 Å². The van der Waals surface area contributed by atoms with Gasteiger partial charge in [-0.1, -0.05) is 6.07 Å². The number of nitrogens with two attached hydrogens (primary N) is 1. The smallest absolute Gasteiger partial charge is 0.277 e. The molecule has 9 heteroatoms. The van der Waals surface area contributed by atoms with Crippen molar-refractivity contribution in [3.63, 3.8) is 0 Å². The van der Waals surface area contributed by atoms with Crippen LogP contribution in [0.5, 0.6) is 0 Å². The van der Waals surface area contributed by atoms with Gasteiger partial charge < -0.3 is 4.90 Å². The van der Waals surface area contributed by atoms with Gasteiger partial charge in [0.25, 0.3) is 16.1 Å². The van der Waals surface area contributed by atoms with Crippen LogP contribution in [-0.4, -0.2) is 54.7 Å². The molecule has 0 bridgehead atoms. The zero-order valence-electron chi connectivity index (χ0n) is 9.99. The molecule has 2 N–H and O–H groups in total. The second-order valence-corrected chi connectivity index (χ2v) is 5.63. The monoisotopic (exact) mass is 288 g/mol. The summed E-state index contributed by atoms with van der Waals surface area (Å²) in [5.41, 5.74) is 0.00376. The average Bonchev–Trinajstić information content (AvgIpc) is 2.37. The van der Waals surface area contributed by atoms with Gasteiger partial charge in [-0.2, -0.15) is 17.1 Å². The molecular formula is C10H13FN4O3S. The molecule has 2 rings (SSSR count). The third-order valence-corrected chi connectivity index (χ3v) is 3.90. The van der Waals surface area contributed by atoms with Gasteiger partial charge in [0, 0.05) is 26.2 Å². The van der Waals surface area contributed by atoms with E-state index in [1.807, 2.05) is 0 Å². The van der Waals surface area contributed by atoms with Crippen LogP contribution in [0.3, 0.4) is 0 Å². The van der Waals surface area contributed by atoms with Gasteiger partial charge in [0.2, 0.25) is 5.95 Å². The molecule has 1 fully saturated rings. The summed E-state index contributed by atoms with van der Waals surface area (Å²) in [4.78, 5) is 16.9. The molecule has 104 valence electrons. The number of nitrogens with zero attached hydrogens (tertiary/aromatic N) is 3. The first kappa shape index (κ1) is 13.8. The van der Waals surface area contributed by atoms with Crippen molar-refractivity contribution in [3.8, 4) is 0 Å². The molecule has 1 amide bonds. The average molecular weight is 288 g/mol. The summed E-state index contributed by atoms with van der Waals surface area (Å²) in [7, 11) is -3.73. The van der Waals surface area contributed by atoms with Crippen molar-refractivity contribution >= 4 is 16.1 Å². The quantitative estimate of drug-likeness (QED) is 0.719. The fourth-order valence-electron chi connectivity index (χ4n) is 1.84. The van der Waals surface area contributed by atoms with Gasteiger partial charge in [-0.3, -0.25) is 4.79 Å². The van der Waals surface area contributed by atoms with Crippen LogP contribution >= 0.6 is 0 Å². The third kappa shape index (κ3) is 3.25. The Morgan fingerprint density at radius 3 is 2.42 bits per heavy atom. The molecule has 1 aliphatic rings. The van der Waals surface area contributed by atoms with E-state index in [9.17, 15) is 17.6 Å². The second-order valence-electron chi connectivity index (χ2n) is 4.08. The van der Waals surface area contributed by atoms with E-state index in [1.54, 1.807) is 0 Å². The lowest BCUT2D eigenvalue weighted by Gasteiger charge is -2.32. The lowest BCUT2D eigenvalue weighted by atomic mass is 10.3. The number of hydrogen-bond acceptors (Lipinski definition) is 4. The molecule has 0 spiro atoms. The molecule has 1 aromatic rings. The maximum absolute atomic E-state index is 12.9. The number of piperazine rings is 1. The predicted octanol–water partition coefficient (Wildman–Crippen LogP) is -0.818. The van der Waals surface area contributed by atoms with Crippen molar-refractivity contribution < 1.29 is 17.6 Å². The highest BCUT2D eigenvalue weighted by Gasteiger charge is 2.27. The number of carbonyl (C=O) groups excluding carboxylic acids is 1. The van der Waals surface area contributed by atoms with Gasteiger partial charge in [-0.05, 0) is 12.1 Å². The zero-order chi connectivity index (χ0) is 14.0. The number of rotatable bonds is 2. The van der Waals surface area contributed by atoms with Crippen molar-refractivity contribution in [3.05, 3.63) is 29.8 Å². The molecule has 1 aromatic heterocycles. The van der Waals surface area contributed by atoms with Gasteiger partial charge in [-0.15, -0.1) is 0 Å². The van der Waals surface area contributed by atoms with Crippen molar-refractivity contribution in [1.29, 1.82) is 0 Å². The standard InChI is InChI=1S/C10H13FN4O3S/c11-9-3-1-2-8(13-9)10(16)14-4-6-15(7-5-14)19(12,17)18/h1-3H,4-7H2,(H2,12,17,18). The Balaban J connectivity index is 2.04. The van der Waals surface area contributed by atoms with E-state index in [1.165, 1.54) is 17.0 Å². The molecule has 1 saturated heterocycles. The Bertz CT molecular complexity index is 584. The fraction of sp³-hybridized carbons (Fsp3) is 0.400. The summed E-state index contributed by atoms with van der Waals surface area (Å²) in [6.45, 7) is 0.653. The molecular weight excluding hydrogens is 275 g/mol. The van der Waals surface area contributed by atoms with E-state index >= 15 is 0 Å². The van der Waals surface area contributed by atoms with Crippen molar-refractivity contribution in [2.75, 3.05) is 26.2 Å².